The van der Waals surface area contributed by atoms with E-state index in [2.05, 4.69) is 4.98 Å². The number of Topliss-reactive ketones (excluding diaryl/α,β-unsaturated/α-hetero) is 1. The summed E-state index contributed by atoms with van der Waals surface area (Å²) in [7, 11) is 0. The average Bonchev–Trinajstić information content (AvgIpc) is 3.20. The number of rotatable bonds is 6. The highest BCUT2D eigenvalue weighted by atomic mass is 19.1. The molecule has 3 aromatic carbocycles. The van der Waals surface area contributed by atoms with Crippen LogP contribution in [-0.2, 0) is 16.2 Å². The number of aliphatic hydroxyl groups excluding tert-OH is 1. The van der Waals surface area contributed by atoms with E-state index in [0.717, 1.165) is 28.7 Å². The fourth-order valence-electron chi connectivity index (χ4n) is 4.46. The number of aromatic nitrogens is 1. The third kappa shape index (κ3) is 4.64. The second kappa shape index (κ2) is 10.3. The molecule has 38 heavy (non-hydrogen) atoms. The molecular weight excluding hydrogens is 490 g/mol. The van der Waals surface area contributed by atoms with Crippen LogP contribution in [0.5, 0.6) is 5.75 Å². The third-order valence-corrected chi connectivity index (χ3v) is 6.32. The first kappa shape index (κ1) is 24.8. The molecule has 1 saturated heterocycles. The zero-order valence-corrected chi connectivity index (χ0v) is 20.3. The number of nitrogens with zero attached hydrogens (tertiary/aromatic N) is 2. The molecule has 6 nitrogen and oxygen atoms in total. The van der Waals surface area contributed by atoms with Crippen LogP contribution in [0.15, 0.2) is 96.8 Å². The van der Waals surface area contributed by atoms with E-state index in [0.29, 0.717) is 23.5 Å². The van der Waals surface area contributed by atoms with Gasteiger partial charge < -0.3 is 9.84 Å². The van der Waals surface area contributed by atoms with Gasteiger partial charge in [-0.05, 0) is 66.1 Å². The molecule has 1 N–H and O–H groups in total. The summed E-state index contributed by atoms with van der Waals surface area (Å²) in [6, 6.07) is 19.0. The number of pyridine rings is 1. The maximum atomic E-state index is 14.8. The van der Waals surface area contributed by atoms with Crippen molar-refractivity contribution in [3.05, 3.63) is 131 Å². The molecule has 0 radical (unpaired) electrons. The molecule has 2 heterocycles. The van der Waals surface area contributed by atoms with E-state index in [-0.39, 0.29) is 11.1 Å². The first-order valence-electron chi connectivity index (χ1n) is 11.8. The molecule has 5 rings (SSSR count). The van der Waals surface area contributed by atoms with Crippen molar-refractivity contribution in [2.45, 2.75) is 19.6 Å². The molecule has 190 valence electrons. The quantitative estimate of drug-likeness (QED) is 0.199. The van der Waals surface area contributed by atoms with E-state index in [9.17, 15) is 23.5 Å². The van der Waals surface area contributed by atoms with Crippen LogP contribution in [0.4, 0.5) is 14.5 Å². The summed E-state index contributed by atoms with van der Waals surface area (Å²) in [5, 5.41) is 11.3. The minimum atomic E-state index is -1.20. The maximum absolute atomic E-state index is 14.8. The number of carbonyl (C=O) groups excluding carboxylic acids is 2. The fourth-order valence-corrected chi connectivity index (χ4v) is 4.46. The summed E-state index contributed by atoms with van der Waals surface area (Å²) >= 11 is 0. The lowest BCUT2D eigenvalue weighted by Gasteiger charge is -2.25. The van der Waals surface area contributed by atoms with Crippen molar-refractivity contribution in [1.29, 1.82) is 0 Å². The molecule has 1 aromatic heterocycles. The fraction of sp³-hybridized carbons (Fsp3) is 0.100. The largest absolute Gasteiger partial charge is 0.507 e. The third-order valence-electron chi connectivity index (χ3n) is 6.32. The van der Waals surface area contributed by atoms with Gasteiger partial charge in [0.25, 0.3) is 11.7 Å². The number of aliphatic hydroxyl groups is 1. The minimum Gasteiger partial charge on any atom is -0.507 e. The van der Waals surface area contributed by atoms with Crippen molar-refractivity contribution in [2.75, 3.05) is 4.90 Å². The lowest BCUT2D eigenvalue weighted by Crippen LogP contribution is -2.30. The van der Waals surface area contributed by atoms with Gasteiger partial charge in [0.05, 0.1) is 17.3 Å². The van der Waals surface area contributed by atoms with Crippen molar-refractivity contribution >= 4 is 23.1 Å². The van der Waals surface area contributed by atoms with Crippen molar-refractivity contribution < 1.29 is 28.2 Å². The van der Waals surface area contributed by atoms with Crippen molar-refractivity contribution in [2.24, 2.45) is 0 Å². The Bertz CT molecular complexity index is 1560. The summed E-state index contributed by atoms with van der Waals surface area (Å²) in [6.07, 6.45) is 2.89. The molecule has 1 fully saturated rings. The summed E-state index contributed by atoms with van der Waals surface area (Å²) in [5.74, 6) is -3.63. The van der Waals surface area contributed by atoms with Crippen molar-refractivity contribution in [3.63, 3.8) is 0 Å². The molecule has 0 spiro atoms. The topological polar surface area (TPSA) is 79.7 Å². The Morgan fingerprint density at radius 2 is 1.71 bits per heavy atom. The van der Waals surface area contributed by atoms with Crippen LogP contribution in [0.3, 0.4) is 0 Å². The van der Waals surface area contributed by atoms with E-state index in [1.807, 2.05) is 30.3 Å². The van der Waals surface area contributed by atoms with Crippen LogP contribution in [-0.4, -0.2) is 21.8 Å². The second-order valence-electron chi connectivity index (χ2n) is 8.80. The van der Waals surface area contributed by atoms with Gasteiger partial charge in [0.15, 0.2) is 0 Å². The van der Waals surface area contributed by atoms with E-state index < -0.39 is 40.8 Å². The van der Waals surface area contributed by atoms with Crippen molar-refractivity contribution in [1.82, 2.24) is 4.98 Å². The van der Waals surface area contributed by atoms with Gasteiger partial charge in [-0.1, -0.05) is 30.3 Å². The Morgan fingerprint density at radius 3 is 2.42 bits per heavy atom. The standard InChI is InChI=1S/C30H22F2N2O4/c1-18-15-21(7-10-25(18)38-17-19-5-3-2-4-6-19)28(35)26-27(20-11-13-33-14-12-20)34(30(37)29(26)36)24-16-22(31)8-9-23(24)32/h2-16,27,35H,17H2,1H3/b28-26+. The number of hydrogen-bond acceptors (Lipinski definition) is 5. The number of anilines is 1. The molecule has 1 atom stereocenters. The summed E-state index contributed by atoms with van der Waals surface area (Å²) in [6.45, 7) is 2.14. The number of ketones is 1. The van der Waals surface area contributed by atoms with E-state index in [1.54, 1.807) is 37.3 Å². The summed E-state index contributed by atoms with van der Waals surface area (Å²) < 4.78 is 34.7. The zero-order chi connectivity index (χ0) is 26.8. The van der Waals surface area contributed by atoms with E-state index >= 15 is 0 Å². The van der Waals surface area contributed by atoms with Gasteiger partial charge in [0, 0.05) is 24.0 Å². The first-order chi connectivity index (χ1) is 18.3. The highest BCUT2D eigenvalue weighted by Crippen LogP contribution is 2.43. The molecule has 8 heteroatoms. The van der Waals surface area contributed by atoms with Crippen molar-refractivity contribution in [3.8, 4) is 5.75 Å². The number of hydrogen-bond donors (Lipinski definition) is 1. The highest BCUT2D eigenvalue weighted by molar-refractivity contribution is 6.51. The smallest absolute Gasteiger partial charge is 0.300 e. The second-order valence-corrected chi connectivity index (χ2v) is 8.80. The Hall–Kier alpha value is -4.85. The Kier molecular flexibility index (Phi) is 6.70. The number of benzene rings is 3. The molecule has 0 aliphatic carbocycles. The Morgan fingerprint density at radius 1 is 0.974 bits per heavy atom. The van der Waals surface area contributed by atoms with E-state index in [4.69, 9.17) is 4.74 Å². The SMILES string of the molecule is Cc1cc(/C(O)=C2\C(=O)C(=O)N(c3cc(F)ccc3F)C2c2ccncc2)ccc1OCc1ccccc1. The van der Waals surface area contributed by atoms with Gasteiger partial charge in [-0.25, -0.2) is 8.78 Å². The molecule has 1 unspecified atom stereocenters. The Balaban J connectivity index is 1.57. The molecule has 0 saturated carbocycles. The number of aryl methyl sites for hydroxylation is 1. The van der Waals surface area contributed by atoms with Crippen LogP contribution >= 0.6 is 0 Å². The number of carbonyl (C=O) groups is 2. The van der Waals surface area contributed by atoms with Gasteiger partial charge >= 0.3 is 0 Å². The molecular formula is C30H22F2N2O4. The van der Waals surface area contributed by atoms with Crippen LogP contribution in [0.1, 0.15) is 28.3 Å². The van der Waals surface area contributed by atoms with Gasteiger partial charge in [-0.3, -0.25) is 19.5 Å². The van der Waals surface area contributed by atoms with Crippen LogP contribution in [0.25, 0.3) is 5.76 Å². The van der Waals surface area contributed by atoms with E-state index in [1.165, 1.54) is 12.4 Å². The molecule has 1 aliphatic rings. The Labute approximate surface area is 217 Å². The monoisotopic (exact) mass is 512 g/mol. The number of ether oxygens (including phenoxy) is 1. The predicted molar refractivity (Wildman–Crippen MR) is 137 cm³/mol. The highest BCUT2D eigenvalue weighted by Gasteiger charge is 2.47. The van der Waals surface area contributed by atoms with Gasteiger partial charge in [0.1, 0.15) is 29.8 Å². The number of amides is 1. The summed E-state index contributed by atoms with van der Waals surface area (Å²) in [4.78, 5) is 31.2. The van der Waals surface area contributed by atoms with Crippen LogP contribution in [0, 0.1) is 18.6 Å². The van der Waals surface area contributed by atoms with Crippen LogP contribution < -0.4 is 9.64 Å². The lowest BCUT2D eigenvalue weighted by molar-refractivity contribution is -0.132. The van der Waals surface area contributed by atoms with Gasteiger partial charge in [0.2, 0.25) is 0 Å². The van der Waals surface area contributed by atoms with Gasteiger partial charge in [-0.2, -0.15) is 0 Å². The first-order valence-corrected chi connectivity index (χ1v) is 11.8. The van der Waals surface area contributed by atoms with Crippen LogP contribution in [0.2, 0.25) is 0 Å². The normalized spacial score (nSPS) is 16.6. The minimum absolute atomic E-state index is 0.248. The van der Waals surface area contributed by atoms with Gasteiger partial charge in [-0.15, -0.1) is 0 Å². The molecule has 4 aromatic rings. The number of halogens is 2. The molecule has 0 bridgehead atoms. The predicted octanol–water partition coefficient (Wildman–Crippen LogP) is 5.87. The zero-order valence-electron chi connectivity index (χ0n) is 20.3. The molecule has 1 amide bonds. The average molecular weight is 513 g/mol. The molecule has 1 aliphatic heterocycles. The summed E-state index contributed by atoms with van der Waals surface area (Å²) in [5.41, 5.74) is 1.68. The lowest BCUT2D eigenvalue weighted by atomic mass is 9.95. The maximum Gasteiger partial charge on any atom is 0.300 e.